The predicted octanol–water partition coefficient (Wildman–Crippen LogP) is 6.50. The van der Waals surface area contributed by atoms with Crippen molar-refractivity contribution in [1.82, 2.24) is 14.8 Å². The van der Waals surface area contributed by atoms with E-state index in [9.17, 15) is 22.8 Å². The highest BCUT2D eigenvalue weighted by Gasteiger charge is 2.30. The van der Waals surface area contributed by atoms with Gasteiger partial charge in [-0.25, -0.2) is 0 Å². The van der Waals surface area contributed by atoms with E-state index in [1.165, 1.54) is 17.0 Å². The fourth-order valence-corrected chi connectivity index (χ4v) is 4.89. The maximum atomic E-state index is 13.8. The van der Waals surface area contributed by atoms with E-state index < -0.39 is 11.7 Å². The van der Waals surface area contributed by atoms with Gasteiger partial charge in [0.05, 0.1) is 5.56 Å². The number of halogens is 3. The number of hydrogen-bond acceptors (Lipinski definition) is 3. The van der Waals surface area contributed by atoms with Crippen molar-refractivity contribution in [3.05, 3.63) is 107 Å². The second-order valence-electron chi connectivity index (χ2n) is 10.2. The minimum atomic E-state index is -4.44. The van der Waals surface area contributed by atoms with Crippen LogP contribution in [0.25, 0.3) is 10.9 Å². The summed E-state index contributed by atoms with van der Waals surface area (Å²) >= 11 is 0. The van der Waals surface area contributed by atoms with Crippen LogP contribution in [0.15, 0.2) is 79.0 Å². The molecule has 2 amide bonds. The molecule has 4 aromatic rings. The average molecular weight is 580 g/mol. The number of benzene rings is 3. The number of hydrogen-bond donors (Lipinski definition) is 1. The topological polar surface area (TPSA) is 65.6 Å². The molecule has 0 fully saturated rings. The molecular weight excluding hydrogens is 543 g/mol. The summed E-state index contributed by atoms with van der Waals surface area (Å²) in [5.74, 6) is -0.543. The van der Waals surface area contributed by atoms with Crippen molar-refractivity contribution >= 4 is 22.7 Å². The molecule has 0 saturated carbocycles. The number of fused-ring (bicyclic) bond motifs is 1. The zero-order valence-corrected chi connectivity index (χ0v) is 23.9. The fourth-order valence-electron chi connectivity index (χ4n) is 4.89. The summed E-state index contributed by atoms with van der Waals surface area (Å²) in [7, 11) is 1.58. The number of amides is 2. The lowest BCUT2D eigenvalue weighted by atomic mass is 10.1. The Bertz CT molecular complexity index is 1460. The van der Waals surface area contributed by atoms with E-state index in [0.717, 1.165) is 40.6 Å². The van der Waals surface area contributed by atoms with Crippen molar-refractivity contribution in [2.75, 3.05) is 33.4 Å². The van der Waals surface area contributed by atoms with Crippen LogP contribution < -0.4 is 0 Å². The van der Waals surface area contributed by atoms with E-state index in [4.69, 9.17) is 4.74 Å². The van der Waals surface area contributed by atoms with Gasteiger partial charge < -0.3 is 19.5 Å². The number of aromatic nitrogens is 1. The number of methoxy groups -OCH3 is 1. The minimum absolute atomic E-state index is 0.116. The Morgan fingerprint density at radius 1 is 0.881 bits per heavy atom. The average Bonchev–Trinajstić information content (AvgIpc) is 3.41. The highest BCUT2D eigenvalue weighted by molar-refractivity contribution is 5.96. The van der Waals surface area contributed by atoms with Gasteiger partial charge in [-0.2, -0.15) is 13.2 Å². The molecule has 0 spiro atoms. The number of carbonyl (C=O) groups is 2. The van der Waals surface area contributed by atoms with Crippen molar-refractivity contribution < 1.29 is 27.5 Å². The molecule has 1 N–H and O–H groups in total. The highest BCUT2D eigenvalue weighted by atomic mass is 19.4. The number of carbonyl (C=O) groups excluding carboxylic acids is 2. The predicted molar refractivity (Wildman–Crippen MR) is 157 cm³/mol. The quantitative estimate of drug-likeness (QED) is 0.184. The molecule has 4 rings (SSSR count). The number of alkyl halides is 3. The van der Waals surface area contributed by atoms with Crippen LogP contribution in [0.3, 0.4) is 0 Å². The summed E-state index contributed by atoms with van der Waals surface area (Å²) in [5.41, 5.74) is 3.44. The van der Waals surface area contributed by atoms with Crippen LogP contribution in [0.5, 0.6) is 0 Å². The van der Waals surface area contributed by atoms with Gasteiger partial charge in [-0.3, -0.25) is 9.59 Å². The fraction of sp³-hybridized carbons (Fsp3) is 0.333. The van der Waals surface area contributed by atoms with Gasteiger partial charge in [-0.15, -0.1) is 0 Å². The molecule has 42 heavy (non-hydrogen) atoms. The summed E-state index contributed by atoms with van der Waals surface area (Å²) in [6.45, 7) is 3.07. The Balaban J connectivity index is 1.56. The molecule has 3 aromatic carbocycles. The van der Waals surface area contributed by atoms with E-state index in [1.807, 2.05) is 49.5 Å². The summed E-state index contributed by atoms with van der Waals surface area (Å²) in [5, 5.41) is 1.05. The molecule has 0 aliphatic carbocycles. The SMILES string of the molecule is CCc1ccc(C(=O)N(CCCOC)CC(=O)N(CCc2c[nH]c3ccccc23)Cc2ccc(C(F)(F)F)cc2)cc1. The summed E-state index contributed by atoms with van der Waals surface area (Å²) in [6.07, 6.45) is -0.600. The first-order valence-electron chi connectivity index (χ1n) is 14.1. The third-order valence-corrected chi connectivity index (χ3v) is 7.33. The lowest BCUT2D eigenvalue weighted by Gasteiger charge is -2.28. The molecule has 1 aromatic heterocycles. The smallest absolute Gasteiger partial charge is 0.385 e. The zero-order valence-electron chi connectivity index (χ0n) is 23.9. The van der Waals surface area contributed by atoms with Crippen LogP contribution in [0.2, 0.25) is 0 Å². The van der Waals surface area contributed by atoms with Crippen LogP contribution in [0.4, 0.5) is 13.2 Å². The van der Waals surface area contributed by atoms with Gasteiger partial charge in [0.25, 0.3) is 5.91 Å². The monoisotopic (exact) mass is 579 g/mol. The van der Waals surface area contributed by atoms with Gasteiger partial charge >= 0.3 is 6.18 Å². The van der Waals surface area contributed by atoms with Gasteiger partial charge in [0.15, 0.2) is 0 Å². The highest BCUT2D eigenvalue weighted by Crippen LogP contribution is 2.29. The van der Waals surface area contributed by atoms with Gasteiger partial charge in [0, 0.05) is 56.0 Å². The van der Waals surface area contributed by atoms with Gasteiger partial charge in [-0.05, 0) is 66.3 Å². The second-order valence-corrected chi connectivity index (χ2v) is 10.2. The lowest BCUT2D eigenvalue weighted by Crippen LogP contribution is -2.44. The lowest BCUT2D eigenvalue weighted by molar-refractivity contribution is -0.137. The van der Waals surface area contributed by atoms with Gasteiger partial charge in [-0.1, -0.05) is 49.4 Å². The largest absolute Gasteiger partial charge is 0.416 e. The Morgan fingerprint density at radius 3 is 2.24 bits per heavy atom. The molecule has 0 radical (unpaired) electrons. The number of para-hydroxylation sites is 1. The summed E-state index contributed by atoms with van der Waals surface area (Å²) in [4.78, 5) is 33.6. The molecule has 6 nitrogen and oxygen atoms in total. The first-order valence-corrected chi connectivity index (χ1v) is 14.1. The molecule has 0 aliphatic heterocycles. The molecule has 1 heterocycles. The van der Waals surface area contributed by atoms with E-state index in [-0.39, 0.29) is 24.9 Å². The zero-order chi connectivity index (χ0) is 30.1. The Morgan fingerprint density at radius 2 is 1.57 bits per heavy atom. The van der Waals surface area contributed by atoms with Crippen LogP contribution >= 0.6 is 0 Å². The Hall–Kier alpha value is -4.11. The number of nitrogens with zero attached hydrogens (tertiary/aromatic N) is 2. The number of aromatic amines is 1. The number of ether oxygens (including phenoxy) is 1. The number of rotatable bonds is 13. The second kappa shape index (κ2) is 14.2. The standard InChI is InChI=1S/C33H36F3N3O3/c1-3-24-9-13-26(14-10-24)32(41)39(18-6-20-42-2)23-31(40)38(22-25-11-15-28(16-12-25)33(34,35)36)19-17-27-21-37-30-8-5-4-7-29(27)30/h4-5,7-16,21,37H,3,6,17-20,22-23H2,1-2H3. The number of nitrogens with one attached hydrogen (secondary N) is 1. The van der Waals surface area contributed by atoms with E-state index in [0.29, 0.717) is 43.7 Å². The van der Waals surface area contributed by atoms with Crippen molar-refractivity contribution in [3.63, 3.8) is 0 Å². The molecule has 0 aliphatic rings. The van der Waals surface area contributed by atoms with Gasteiger partial charge in [0.1, 0.15) is 6.54 Å². The third-order valence-electron chi connectivity index (χ3n) is 7.33. The Labute approximate surface area is 244 Å². The van der Waals surface area contributed by atoms with Crippen LogP contribution in [0, 0.1) is 0 Å². The number of H-pyrrole nitrogens is 1. The van der Waals surface area contributed by atoms with Crippen molar-refractivity contribution in [1.29, 1.82) is 0 Å². The molecule has 9 heteroatoms. The number of aryl methyl sites for hydroxylation is 1. The Kier molecular flexibility index (Phi) is 10.4. The third kappa shape index (κ3) is 8.00. The van der Waals surface area contributed by atoms with Crippen molar-refractivity contribution in [2.24, 2.45) is 0 Å². The minimum Gasteiger partial charge on any atom is -0.385 e. The van der Waals surface area contributed by atoms with E-state index >= 15 is 0 Å². The first kappa shape index (κ1) is 30.8. The van der Waals surface area contributed by atoms with E-state index in [2.05, 4.69) is 4.98 Å². The summed E-state index contributed by atoms with van der Waals surface area (Å²) in [6, 6.07) is 20.0. The maximum Gasteiger partial charge on any atom is 0.416 e. The summed E-state index contributed by atoms with van der Waals surface area (Å²) < 4.78 is 44.6. The molecule has 0 bridgehead atoms. The molecule has 0 atom stereocenters. The van der Waals surface area contributed by atoms with E-state index in [1.54, 1.807) is 24.1 Å². The normalized spacial score (nSPS) is 11.5. The molecular formula is C33H36F3N3O3. The first-order chi connectivity index (χ1) is 20.2. The van der Waals surface area contributed by atoms with Crippen LogP contribution in [-0.2, 0) is 35.1 Å². The molecule has 0 saturated heterocycles. The van der Waals surface area contributed by atoms with Crippen molar-refractivity contribution in [2.45, 2.75) is 38.9 Å². The van der Waals surface area contributed by atoms with Crippen LogP contribution in [-0.4, -0.2) is 59.9 Å². The molecule has 222 valence electrons. The van der Waals surface area contributed by atoms with Crippen molar-refractivity contribution in [3.8, 4) is 0 Å². The maximum absolute atomic E-state index is 13.8. The van der Waals surface area contributed by atoms with Gasteiger partial charge in [0.2, 0.25) is 5.91 Å². The molecule has 0 unspecified atom stereocenters. The van der Waals surface area contributed by atoms with Crippen LogP contribution in [0.1, 0.15) is 46.0 Å².